The van der Waals surface area contributed by atoms with Crippen molar-refractivity contribution < 1.29 is 0 Å². The predicted octanol–water partition coefficient (Wildman–Crippen LogP) is 5.80. The van der Waals surface area contributed by atoms with Crippen LogP contribution in [0.4, 0.5) is 0 Å². The minimum absolute atomic E-state index is 0.167. The van der Waals surface area contributed by atoms with Crippen molar-refractivity contribution >= 4 is 5.84 Å². The first-order valence-electron chi connectivity index (χ1n) is 7.08. The summed E-state index contributed by atoms with van der Waals surface area (Å²) in [5.41, 5.74) is 6.90. The molecule has 20 heavy (non-hydrogen) atoms. The highest BCUT2D eigenvalue weighted by molar-refractivity contribution is 5.73. The highest BCUT2D eigenvalue weighted by Gasteiger charge is 1.90. The van der Waals surface area contributed by atoms with Crippen molar-refractivity contribution in [1.29, 1.82) is 5.41 Å². The summed E-state index contributed by atoms with van der Waals surface area (Å²) in [4.78, 5) is 0. The van der Waals surface area contributed by atoms with E-state index in [4.69, 9.17) is 11.1 Å². The molecule has 0 rings (SSSR count). The lowest BCUT2D eigenvalue weighted by Gasteiger charge is -1.98. The highest BCUT2D eigenvalue weighted by Crippen LogP contribution is 2.10. The second-order valence-electron chi connectivity index (χ2n) is 3.00. The van der Waals surface area contributed by atoms with Crippen molar-refractivity contribution in [3.05, 3.63) is 60.8 Å². The summed E-state index contributed by atoms with van der Waals surface area (Å²) < 4.78 is 0. The van der Waals surface area contributed by atoms with Gasteiger partial charge in [0.1, 0.15) is 0 Å². The van der Waals surface area contributed by atoms with Crippen LogP contribution in [-0.2, 0) is 0 Å². The monoisotopic (exact) mass is 278 g/mol. The van der Waals surface area contributed by atoms with Gasteiger partial charge in [0.25, 0.3) is 0 Å². The molecule has 0 aromatic heterocycles. The van der Waals surface area contributed by atoms with Crippen molar-refractivity contribution in [3.63, 3.8) is 0 Å². The zero-order chi connectivity index (χ0) is 17.0. The number of nitrogens with two attached hydrogens (primary N) is 1. The molecule has 3 N–H and O–H groups in total. The van der Waals surface area contributed by atoms with Gasteiger partial charge in [-0.2, -0.15) is 0 Å². The number of allylic oxidation sites excluding steroid dienone is 8. The van der Waals surface area contributed by atoms with Gasteiger partial charge in [0.05, 0.1) is 5.84 Å². The van der Waals surface area contributed by atoms with Gasteiger partial charge in [-0.1, -0.05) is 77.3 Å². The van der Waals surface area contributed by atoms with Crippen LogP contribution in [0.15, 0.2) is 60.8 Å². The van der Waals surface area contributed by atoms with Crippen molar-refractivity contribution in [2.75, 3.05) is 0 Å². The predicted molar refractivity (Wildman–Crippen MR) is 97.3 cm³/mol. The van der Waals surface area contributed by atoms with Crippen LogP contribution in [0.5, 0.6) is 0 Å². The summed E-state index contributed by atoms with van der Waals surface area (Å²) in [6.45, 7) is 21.0. The molecule has 0 radical (unpaired) electrons. The largest absolute Gasteiger partial charge is 0.388 e. The van der Waals surface area contributed by atoms with E-state index in [2.05, 4.69) is 13.2 Å². The van der Waals surface area contributed by atoms with Crippen molar-refractivity contribution in [2.24, 2.45) is 5.73 Å². The lowest BCUT2D eigenvalue weighted by atomic mass is 10.1. The number of amidine groups is 1. The summed E-state index contributed by atoms with van der Waals surface area (Å²) in [5, 5.41) is 6.28. The summed E-state index contributed by atoms with van der Waals surface area (Å²) in [6, 6.07) is 0. The molecule has 0 unspecified atom stereocenters. The lowest BCUT2D eigenvalue weighted by molar-refractivity contribution is 1.42. The summed E-state index contributed by atoms with van der Waals surface area (Å²) in [6.07, 6.45) is 11.7. The zero-order valence-corrected chi connectivity index (χ0v) is 14.5. The first-order chi connectivity index (χ1) is 9.53. The van der Waals surface area contributed by atoms with Gasteiger partial charge < -0.3 is 5.73 Å². The molecule has 0 heterocycles. The fraction of sp³-hybridized carbons (Fsp3) is 0.389. The Morgan fingerprint density at radius 3 is 1.25 bits per heavy atom. The Bertz CT molecular complexity index is 290. The van der Waals surface area contributed by atoms with Gasteiger partial charge in [0, 0.05) is 0 Å². The topological polar surface area (TPSA) is 49.9 Å². The molecule has 0 saturated carbocycles. The van der Waals surface area contributed by atoms with E-state index in [1.165, 1.54) is 6.92 Å². The lowest BCUT2D eigenvalue weighted by Crippen LogP contribution is -2.00. The highest BCUT2D eigenvalue weighted by atomic mass is 14.7. The Kier molecular flexibility index (Phi) is 34.5. The van der Waals surface area contributed by atoms with Crippen LogP contribution in [0.1, 0.15) is 48.5 Å². The maximum absolute atomic E-state index is 6.28. The van der Waals surface area contributed by atoms with Gasteiger partial charge in [0.15, 0.2) is 0 Å². The van der Waals surface area contributed by atoms with E-state index in [9.17, 15) is 0 Å². The van der Waals surface area contributed by atoms with Crippen molar-refractivity contribution in [3.8, 4) is 0 Å². The number of rotatable bonds is 4. The first-order valence-corrected chi connectivity index (χ1v) is 7.08. The van der Waals surface area contributed by atoms with Crippen LogP contribution in [0, 0.1) is 5.41 Å². The van der Waals surface area contributed by atoms with E-state index < -0.39 is 0 Å². The van der Waals surface area contributed by atoms with E-state index in [1.807, 2.05) is 78.0 Å². The second kappa shape index (κ2) is 25.9. The van der Waals surface area contributed by atoms with E-state index in [0.29, 0.717) is 0 Å². The molecule has 0 aliphatic carbocycles. The van der Waals surface area contributed by atoms with Gasteiger partial charge in [0.2, 0.25) is 0 Å². The van der Waals surface area contributed by atoms with Crippen LogP contribution in [0.25, 0.3) is 0 Å². The van der Waals surface area contributed by atoms with Crippen molar-refractivity contribution in [1.82, 2.24) is 0 Å². The van der Waals surface area contributed by atoms with Gasteiger partial charge in [-0.3, -0.25) is 5.41 Å². The van der Waals surface area contributed by atoms with Crippen LogP contribution >= 0.6 is 0 Å². The molecule has 0 amide bonds. The molecule has 0 fully saturated rings. The molecule has 0 aromatic carbocycles. The van der Waals surface area contributed by atoms with E-state index in [0.717, 1.165) is 11.1 Å². The third kappa shape index (κ3) is 25.1. The smallest absolute Gasteiger partial charge is 0.0873 e. The Morgan fingerprint density at radius 2 is 1.10 bits per heavy atom. The van der Waals surface area contributed by atoms with Crippen LogP contribution in [0.3, 0.4) is 0 Å². The van der Waals surface area contributed by atoms with Crippen molar-refractivity contribution in [2.45, 2.75) is 48.5 Å². The fourth-order valence-corrected chi connectivity index (χ4v) is 0.926. The third-order valence-electron chi connectivity index (χ3n) is 1.47. The zero-order valence-electron chi connectivity index (χ0n) is 14.5. The molecule has 116 valence electrons. The summed E-state index contributed by atoms with van der Waals surface area (Å²) >= 11 is 0. The Balaban J connectivity index is -0.000000134. The normalized spacial score (nSPS) is 8.15. The molecule has 2 heteroatoms. The second-order valence-corrected chi connectivity index (χ2v) is 3.00. The van der Waals surface area contributed by atoms with E-state index in [1.54, 1.807) is 0 Å². The molecule has 0 saturated heterocycles. The van der Waals surface area contributed by atoms with Crippen LogP contribution < -0.4 is 5.73 Å². The van der Waals surface area contributed by atoms with Crippen LogP contribution in [-0.4, -0.2) is 5.84 Å². The van der Waals surface area contributed by atoms with E-state index >= 15 is 0 Å². The number of hydrogen-bond donors (Lipinski definition) is 2. The summed E-state index contributed by atoms with van der Waals surface area (Å²) in [7, 11) is 0. The minimum atomic E-state index is 0.167. The van der Waals surface area contributed by atoms with Gasteiger partial charge in [-0.25, -0.2) is 0 Å². The molecule has 0 atom stereocenters. The number of hydrogen-bond acceptors (Lipinski definition) is 1. The standard InChI is InChI=1S/C12H16.C2H6N2.2C2H6/c1-5-9-12(10-6-2)11(7-3)8-4;1-2(3)4;2*1-2/h5-10H,3-4H2,1-2H3;1H3,(H3,3,4);2*1-2H3/b9-5-,10-6-;;;. The van der Waals surface area contributed by atoms with E-state index in [-0.39, 0.29) is 5.84 Å². The summed E-state index contributed by atoms with van der Waals surface area (Å²) in [5.74, 6) is 0.167. The third-order valence-corrected chi connectivity index (χ3v) is 1.47. The Hall–Kier alpha value is -1.83. The Morgan fingerprint density at radius 1 is 0.850 bits per heavy atom. The minimum Gasteiger partial charge on any atom is -0.388 e. The molecule has 0 aliphatic heterocycles. The molecular formula is C18H34N2. The quantitative estimate of drug-likeness (QED) is 0.381. The van der Waals surface area contributed by atoms with Gasteiger partial charge in [-0.05, 0) is 31.9 Å². The SMILES string of the molecule is C=CC(C=C)=C(/C=C\C)/C=C\C.CC.CC.CC(=N)N. The first kappa shape index (κ1) is 26.7. The molecule has 0 bridgehead atoms. The Labute approximate surface area is 127 Å². The molecule has 0 spiro atoms. The maximum Gasteiger partial charge on any atom is 0.0873 e. The number of nitrogens with one attached hydrogen (secondary N) is 1. The van der Waals surface area contributed by atoms with Crippen LogP contribution in [0.2, 0.25) is 0 Å². The average Bonchev–Trinajstić information content (AvgIpc) is 2.44. The molecular weight excluding hydrogens is 244 g/mol. The molecule has 0 aromatic rings. The molecule has 0 aliphatic rings. The van der Waals surface area contributed by atoms with Gasteiger partial charge in [-0.15, -0.1) is 0 Å². The van der Waals surface area contributed by atoms with Gasteiger partial charge >= 0.3 is 0 Å². The maximum atomic E-state index is 6.28. The fourth-order valence-electron chi connectivity index (χ4n) is 0.926. The molecule has 2 nitrogen and oxygen atoms in total. The average molecular weight is 278 g/mol.